The Labute approximate surface area is 110 Å². The number of nitrogens with one attached hydrogen (secondary N) is 2. The lowest BCUT2D eigenvalue weighted by atomic mass is 10.1. The second-order valence-corrected chi connectivity index (χ2v) is 5.57. The molecule has 2 amide bonds. The number of carbonyl (C=O) groups excluding carboxylic acids is 2. The van der Waals surface area contributed by atoms with E-state index in [9.17, 15) is 9.59 Å². The summed E-state index contributed by atoms with van der Waals surface area (Å²) in [6, 6.07) is -0.583. The van der Waals surface area contributed by atoms with Gasteiger partial charge in [0.25, 0.3) is 0 Å². The maximum absolute atomic E-state index is 11.7. The van der Waals surface area contributed by atoms with Crippen molar-refractivity contribution in [2.24, 2.45) is 5.92 Å². The largest absolute Gasteiger partial charge is 0.345 e. The van der Waals surface area contributed by atoms with Gasteiger partial charge in [-0.2, -0.15) is 0 Å². The van der Waals surface area contributed by atoms with Gasteiger partial charge in [0, 0.05) is 13.3 Å². The highest BCUT2D eigenvalue weighted by Gasteiger charge is 2.16. The average Bonchev–Trinajstić information content (AvgIpc) is 2.63. The van der Waals surface area contributed by atoms with Gasteiger partial charge in [-0.25, -0.2) is 0 Å². The molecule has 0 spiro atoms. The zero-order valence-corrected chi connectivity index (χ0v) is 11.8. The topological polar surface area (TPSA) is 84.0 Å². The zero-order valence-electron chi connectivity index (χ0n) is 11.0. The van der Waals surface area contributed by atoms with E-state index in [1.165, 1.54) is 18.3 Å². The van der Waals surface area contributed by atoms with Crippen molar-refractivity contribution in [3.8, 4) is 0 Å². The van der Waals surface area contributed by atoms with Crippen molar-refractivity contribution in [3.05, 3.63) is 5.01 Å². The lowest BCUT2D eigenvalue weighted by Gasteiger charge is -2.10. The molecule has 1 heterocycles. The molecule has 0 saturated heterocycles. The summed E-state index contributed by atoms with van der Waals surface area (Å²) in [4.78, 5) is 22.5. The van der Waals surface area contributed by atoms with Crippen LogP contribution in [0.25, 0.3) is 0 Å². The van der Waals surface area contributed by atoms with Gasteiger partial charge in [0.15, 0.2) is 0 Å². The Morgan fingerprint density at radius 2 is 1.94 bits per heavy atom. The highest BCUT2D eigenvalue weighted by Crippen LogP contribution is 2.18. The average molecular weight is 270 g/mol. The highest BCUT2D eigenvalue weighted by molar-refractivity contribution is 7.15. The molecule has 100 valence electrons. The summed E-state index contributed by atoms with van der Waals surface area (Å²) < 4.78 is 0. The Morgan fingerprint density at radius 1 is 1.28 bits per heavy atom. The van der Waals surface area contributed by atoms with Crippen LogP contribution >= 0.6 is 11.3 Å². The molecule has 0 aliphatic rings. The molecule has 1 unspecified atom stereocenters. The molecule has 0 aromatic carbocycles. The van der Waals surface area contributed by atoms with Crippen LogP contribution in [0.4, 0.5) is 5.13 Å². The van der Waals surface area contributed by atoms with Gasteiger partial charge < -0.3 is 5.32 Å². The molecule has 0 fully saturated rings. The van der Waals surface area contributed by atoms with E-state index in [4.69, 9.17) is 0 Å². The second-order valence-electron chi connectivity index (χ2n) is 4.51. The smallest absolute Gasteiger partial charge is 0.248 e. The fourth-order valence-corrected chi connectivity index (χ4v) is 2.27. The van der Waals surface area contributed by atoms with Gasteiger partial charge in [0.05, 0.1) is 0 Å². The molecule has 7 heteroatoms. The van der Waals surface area contributed by atoms with Crippen LogP contribution in [0.2, 0.25) is 0 Å². The quantitative estimate of drug-likeness (QED) is 0.842. The van der Waals surface area contributed by atoms with E-state index < -0.39 is 6.04 Å². The Hall–Kier alpha value is -1.50. The monoisotopic (exact) mass is 270 g/mol. The predicted molar refractivity (Wildman–Crippen MR) is 70.4 cm³/mol. The molecule has 0 radical (unpaired) electrons. The fraction of sp³-hybridized carbons (Fsp3) is 0.636. The first-order valence-electron chi connectivity index (χ1n) is 5.78. The number of hydrogen-bond donors (Lipinski definition) is 2. The van der Waals surface area contributed by atoms with Gasteiger partial charge in [-0.15, -0.1) is 10.2 Å². The van der Waals surface area contributed by atoms with Gasteiger partial charge in [0.1, 0.15) is 11.0 Å². The first-order chi connectivity index (χ1) is 8.38. The number of carbonyl (C=O) groups is 2. The Morgan fingerprint density at radius 3 is 2.50 bits per heavy atom. The first-order valence-corrected chi connectivity index (χ1v) is 6.60. The third-order valence-electron chi connectivity index (χ3n) is 2.09. The van der Waals surface area contributed by atoms with Gasteiger partial charge >= 0.3 is 0 Å². The van der Waals surface area contributed by atoms with Crippen LogP contribution in [0.15, 0.2) is 0 Å². The maximum atomic E-state index is 11.7. The summed E-state index contributed by atoms with van der Waals surface area (Å²) in [5.41, 5.74) is 0. The molecule has 0 bridgehead atoms. The van der Waals surface area contributed by atoms with E-state index in [2.05, 4.69) is 34.7 Å². The van der Waals surface area contributed by atoms with E-state index in [-0.39, 0.29) is 11.8 Å². The molecule has 0 saturated carbocycles. The fourth-order valence-electron chi connectivity index (χ4n) is 1.32. The van der Waals surface area contributed by atoms with Crippen LogP contribution < -0.4 is 10.6 Å². The van der Waals surface area contributed by atoms with Crippen molar-refractivity contribution < 1.29 is 9.59 Å². The van der Waals surface area contributed by atoms with E-state index in [0.29, 0.717) is 11.0 Å². The predicted octanol–water partition coefficient (Wildman–Crippen LogP) is 1.20. The first kappa shape index (κ1) is 14.6. The lowest BCUT2D eigenvalue weighted by molar-refractivity contribution is -0.124. The van der Waals surface area contributed by atoms with Crippen LogP contribution in [0, 0.1) is 5.92 Å². The van der Waals surface area contributed by atoms with Gasteiger partial charge in [-0.3, -0.25) is 14.9 Å². The number of aromatic nitrogens is 2. The standard InChI is InChI=1S/C11H18N4O2S/c1-6(2)5-9-14-15-11(18-9)13-10(17)7(3)12-8(4)16/h6-7H,5H2,1-4H3,(H,12,16)(H,13,15,17). The van der Waals surface area contributed by atoms with Crippen molar-refractivity contribution in [1.82, 2.24) is 15.5 Å². The van der Waals surface area contributed by atoms with E-state index >= 15 is 0 Å². The molecule has 1 aromatic rings. The molecule has 0 aliphatic carbocycles. The minimum atomic E-state index is -0.583. The molecule has 1 rings (SSSR count). The Balaban J connectivity index is 2.54. The van der Waals surface area contributed by atoms with Crippen molar-refractivity contribution in [1.29, 1.82) is 0 Å². The van der Waals surface area contributed by atoms with Crippen LogP contribution in [-0.4, -0.2) is 28.1 Å². The molecule has 6 nitrogen and oxygen atoms in total. The summed E-state index contributed by atoms with van der Waals surface area (Å²) in [7, 11) is 0. The molecule has 0 aliphatic heterocycles. The third kappa shape index (κ3) is 4.79. The molecular weight excluding hydrogens is 252 g/mol. The lowest BCUT2D eigenvalue weighted by Crippen LogP contribution is -2.40. The Kier molecular flexibility index (Phi) is 5.21. The van der Waals surface area contributed by atoms with Crippen molar-refractivity contribution in [3.63, 3.8) is 0 Å². The molecule has 1 atom stereocenters. The van der Waals surface area contributed by atoms with Crippen molar-refractivity contribution in [2.75, 3.05) is 5.32 Å². The van der Waals surface area contributed by atoms with Crippen molar-refractivity contribution >= 4 is 28.3 Å². The summed E-state index contributed by atoms with van der Waals surface area (Å²) in [6.45, 7) is 7.18. The van der Waals surface area contributed by atoms with Gasteiger partial charge in [-0.05, 0) is 12.8 Å². The number of anilines is 1. The number of amides is 2. The molecule has 18 heavy (non-hydrogen) atoms. The van der Waals surface area contributed by atoms with E-state index in [1.807, 2.05) is 0 Å². The van der Waals surface area contributed by atoms with Crippen LogP contribution in [0.3, 0.4) is 0 Å². The highest BCUT2D eigenvalue weighted by atomic mass is 32.1. The zero-order chi connectivity index (χ0) is 13.7. The maximum Gasteiger partial charge on any atom is 0.248 e. The summed E-state index contributed by atoms with van der Waals surface area (Å²) in [5, 5.41) is 14.4. The molecular formula is C11H18N4O2S. The number of hydrogen-bond acceptors (Lipinski definition) is 5. The van der Waals surface area contributed by atoms with Gasteiger partial charge in [0.2, 0.25) is 16.9 Å². The third-order valence-corrected chi connectivity index (χ3v) is 2.95. The van der Waals surface area contributed by atoms with E-state index in [1.54, 1.807) is 6.92 Å². The summed E-state index contributed by atoms with van der Waals surface area (Å²) in [5.74, 6) is -0.0346. The Bertz CT molecular complexity index is 430. The van der Waals surface area contributed by atoms with Crippen LogP contribution in [0.1, 0.15) is 32.7 Å². The second kappa shape index (κ2) is 6.44. The van der Waals surface area contributed by atoms with Crippen molar-refractivity contribution in [2.45, 2.75) is 40.2 Å². The molecule has 2 N–H and O–H groups in total. The minimum Gasteiger partial charge on any atom is -0.345 e. The SMILES string of the molecule is CC(=O)NC(C)C(=O)Nc1nnc(CC(C)C)s1. The number of rotatable bonds is 5. The molecule has 1 aromatic heterocycles. The van der Waals surface area contributed by atoms with E-state index in [0.717, 1.165) is 11.4 Å². The number of nitrogens with zero attached hydrogens (tertiary/aromatic N) is 2. The van der Waals surface area contributed by atoms with Crippen LogP contribution in [-0.2, 0) is 16.0 Å². The van der Waals surface area contributed by atoms with Crippen LogP contribution in [0.5, 0.6) is 0 Å². The summed E-state index contributed by atoms with van der Waals surface area (Å²) in [6.07, 6.45) is 0.842. The normalized spacial score (nSPS) is 12.3. The van der Waals surface area contributed by atoms with Gasteiger partial charge in [-0.1, -0.05) is 25.2 Å². The minimum absolute atomic E-state index is 0.240. The summed E-state index contributed by atoms with van der Waals surface area (Å²) >= 11 is 1.36.